The maximum atomic E-state index is 12.9. The van der Waals surface area contributed by atoms with Crippen LogP contribution >= 0.6 is 12.4 Å². The molecule has 6 nitrogen and oxygen atoms in total. The van der Waals surface area contributed by atoms with Crippen LogP contribution in [0.4, 0.5) is 4.39 Å². The second-order valence-electron chi connectivity index (χ2n) is 7.27. The third-order valence-corrected chi connectivity index (χ3v) is 5.29. The van der Waals surface area contributed by atoms with Gasteiger partial charge in [-0.25, -0.2) is 4.39 Å². The average Bonchev–Trinajstić information content (AvgIpc) is 2.88. The standard InChI is InChI=1S/C20H30FN3O3.ClH/c1-15(20(27)22-11-9-16-5-7-17(21)8-6-16)24-12-3-4-18(10-13-24)23(2)14-19(25)26;/h5-8,15,18H,3-4,9-14H2,1-2H3,(H,22,27)(H,25,26);1H. The summed E-state index contributed by atoms with van der Waals surface area (Å²) in [5.74, 6) is -1.08. The number of carbonyl (C=O) groups is 2. The van der Waals surface area contributed by atoms with Crippen LogP contribution in [-0.4, -0.2) is 72.1 Å². The summed E-state index contributed by atoms with van der Waals surface area (Å²) in [5, 5.41) is 11.9. The number of carboxylic acid groups (broad SMARTS) is 1. The number of hydrogen-bond acceptors (Lipinski definition) is 4. The van der Waals surface area contributed by atoms with Crippen molar-refractivity contribution in [1.82, 2.24) is 15.1 Å². The quantitative estimate of drug-likeness (QED) is 0.680. The Kier molecular flexibility index (Phi) is 10.4. The zero-order valence-electron chi connectivity index (χ0n) is 16.6. The second kappa shape index (κ2) is 12.0. The number of carbonyl (C=O) groups excluding carboxylic acids is 1. The van der Waals surface area contributed by atoms with E-state index in [0.29, 0.717) is 13.0 Å². The molecule has 2 rings (SSSR count). The lowest BCUT2D eigenvalue weighted by atomic mass is 10.1. The topological polar surface area (TPSA) is 72.9 Å². The monoisotopic (exact) mass is 415 g/mol. The Labute approximate surface area is 172 Å². The Hall–Kier alpha value is -1.70. The maximum Gasteiger partial charge on any atom is 0.317 e. The molecule has 158 valence electrons. The summed E-state index contributed by atoms with van der Waals surface area (Å²) >= 11 is 0. The molecular formula is C20H31ClFN3O3. The molecule has 1 fully saturated rings. The summed E-state index contributed by atoms with van der Waals surface area (Å²) in [6.45, 7) is 4.09. The third-order valence-electron chi connectivity index (χ3n) is 5.29. The van der Waals surface area contributed by atoms with E-state index in [2.05, 4.69) is 10.2 Å². The van der Waals surface area contributed by atoms with E-state index >= 15 is 0 Å². The first-order chi connectivity index (χ1) is 12.9. The van der Waals surface area contributed by atoms with Gasteiger partial charge in [-0.05, 0) is 63.9 Å². The Bertz CT molecular complexity index is 630. The summed E-state index contributed by atoms with van der Waals surface area (Å²) in [4.78, 5) is 27.4. The SMILES string of the molecule is CC(C(=O)NCCc1ccc(F)cc1)N1CCCC(N(C)CC(=O)O)CC1.Cl. The molecule has 1 aliphatic heterocycles. The van der Waals surface area contributed by atoms with Crippen LogP contribution in [0.2, 0.25) is 0 Å². The van der Waals surface area contributed by atoms with E-state index < -0.39 is 5.97 Å². The Balaban J connectivity index is 0.00000392. The molecule has 0 aliphatic carbocycles. The van der Waals surface area contributed by atoms with Gasteiger partial charge in [-0.3, -0.25) is 19.4 Å². The van der Waals surface area contributed by atoms with E-state index in [-0.39, 0.29) is 42.8 Å². The van der Waals surface area contributed by atoms with Gasteiger partial charge in [0.1, 0.15) is 5.82 Å². The molecule has 28 heavy (non-hydrogen) atoms. The number of benzene rings is 1. The lowest BCUT2D eigenvalue weighted by Crippen LogP contribution is -2.46. The molecule has 1 aliphatic rings. The highest BCUT2D eigenvalue weighted by Crippen LogP contribution is 2.17. The fourth-order valence-electron chi connectivity index (χ4n) is 3.57. The van der Waals surface area contributed by atoms with Crippen molar-refractivity contribution >= 4 is 24.3 Å². The van der Waals surface area contributed by atoms with E-state index in [4.69, 9.17) is 5.11 Å². The maximum absolute atomic E-state index is 12.9. The van der Waals surface area contributed by atoms with E-state index in [1.807, 2.05) is 18.9 Å². The minimum absolute atomic E-state index is 0. The molecule has 0 saturated carbocycles. The number of amides is 1. The van der Waals surface area contributed by atoms with Crippen molar-refractivity contribution < 1.29 is 19.1 Å². The van der Waals surface area contributed by atoms with Crippen molar-refractivity contribution in [3.05, 3.63) is 35.6 Å². The molecule has 0 spiro atoms. The van der Waals surface area contributed by atoms with Crippen LogP contribution in [0.25, 0.3) is 0 Å². The predicted molar refractivity (Wildman–Crippen MR) is 109 cm³/mol. The molecule has 1 aromatic carbocycles. The molecule has 1 saturated heterocycles. The molecular weight excluding hydrogens is 385 g/mol. The molecule has 2 atom stereocenters. The highest BCUT2D eigenvalue weighted by molar-refractivity contribution is 5.85. The van der Waals surface area contributed by atoms with Crippen molar-refractivity contribution in [2.45, 2.75) is 44.7 Å². The third kappa shape index (κ3) is 7.73. The van der Waals surface area contributed by atoms with Gasteiger partial charge in [-0.2, -0.15) is 0 Å². The summed E-state index contributed by atoms with van der Waals surface area (Å²) < 4.78 is 12.9. The average molecular weight is 416 g/mol. The van der Waals surface area contributed by atoms with E-state index in [9.17, 15) is 14.0 Å². The largest absolute Gasteiger partial charge is 0.480 e. The lowest BCUT2D eigenvalue weighted by molar-refractivity contribution is -0.138. The van der Waals surface area contributed by atoms with Crippen LogP contribution in [0, 0.1) is 5.82 Å². The van der Waals surface area contributed by atoms with E-state index in [1.54, 1.807) is 12.1 Å². The Morgan fingerprint density at radius 2 is 1.96 bits per heavy atom. The number of likely N-dealkylation sites (N-methyl/N-ethyl adjacent to an activating group) is 1. The number of aliphatic carboxylic acids is 1. The van der Waals surface area contributed by atoms with Gasteiger partial charge in [0.15, 0.2) is 0 Å². The predicted octanol–water partition coefficient (Wildman–Crippen LogP) is 2.17. The van der Waals surface area contributed by atoms with Crippen LogP contribution in [0.3, 0.4) is 0 Å². The van der Waals surface area contributed by atoms with Gasteiger partial charge < -0.3 is 10.4 Å². The fraction of sp³-hybridized carbons (Fsp3) is 0.600. The molecule has 0 aromatic heterocycles. The summed E-state index contributed by atoms with van der Waals surface area (Å²) in [6, 6.07) is 6.33. The Morgan fingerprint density at radius 1 is 1.29 bits per heavy atom. The van der Waals surface area contributed by atoms with Gasteiger partial charge in [0.2, 0.25) is 5.91 Å². The van der Waals surface area contributed by atoms with Crippen LogP contribution in [0.15, 0.2) is 24.3 Å². The molecule has 1 aromatic rings. The van der Waals surface area contributed by atoms with E-state index in [0.717, 1.165) is 37.9 Å². The zero-order chi connectivity index (χ0) is 19.8. The van der Waals surface area contributed by atoms with Gasteiger partial charge in [-0.1, -0.05) is 12.1 Å². The molecule has 0 radical (unpaired) electrons. The van der Waals surface area contributed by atoms with Gasteiger partial charge in [0.25, 0.3) is 0 Å². The number of rotatable bonds is 8. The van der Waals surface area contributed by atoms with Gasteiger partial charge in [0.05, 0.1) is 12.6 Å². The van der Waals surface area contributed by atoms with Crippen molar-refractivity contribution in [2.24, 2.45) is 0 Å². The number of nitrogens with one attached hydrogen (secondary N) is 1. The van der Waals surface area contributed by atoms with Crippen LogP contribution in [0.1, 0.15) is 31.7 Å². The van der Waals surface area contributed by atoms with Crippen molar-refractivity contribution in [3.8, 4) is 0 Å². The van der Waals surface area contributed by atoms with Crippen LogP contribution in [0.5, 0.6) is 0 Å². The second-order valence-corrected chi connectivity index (χ2v) is 7.27. The summed E-state index contributed by atoms with van der Waals surface area (Å²) in [7, 11) is 1.85. The first-order valence-electron chi connectivity index (χ1n) is 9.55. The van der Waals surface area contributed by atoms with Crippen molar-refractivity contribution in [3.63, 3.8) is 0 Å². The minimum Gasteiger partial charge on any atom is -0.480 e. The molecule has 8 heteroatoms. The highest BCUT2D eigenvalue weighted by atomic mass is 35.5. The number of hydrogen-bond donors (Lipinski definition) is 2. The zero-order valence-corrected chi connectivity index (χ0v) is 17.4. The number of halogens is 2. The normalized spacial score (nSPS) is 18.8. The van der Waals surface area contributed by atoms with Gasteiger partial charge >= 0.3 is 5.97 Å². The number of nitrogens with zero attached hydrogens (tertiary/aromatic N) is 2. The highest BCUT2D eigenvalue weighted by Gasteiger charge is 2.26. The Morgan fingerprint density at radius 3 is 2.61 bits per heavy atom. The van der Waals surface area contributed by atoms with Gasteiger partial charge in [0, 0.05) is 19.1 Å². The molecule has 1 heterocycles. The van der Waals surface area contributed by atoms with Crippen molar-refractivity contribution in [1.29, 1.82) is 0 Å². The van der Waals surface area contributed by atoms with Crippen LogP contribution < -0.4 is 5.32 Å². The molecule has 1 amide bonds. The minimum atomic E-state index is -0.812. The molecule has 2 unspecified atom stereocenters. The van der Waals surface area contributed by atoms with Crippen LogP contribution in [-0.2, 0) is 16.0 Å². The molecule has 2 N–H and O–H groups in total. The lowest BCUT2D eigenvalue weighted by Gasteiger charge is -2.28. The summed E-state index contributed by atoms with van der Waals surface area (Å²) in [5.41, 5.74) is 0.989. The van der Waals surface area contributed by atoms with Gasteiger partial charge in [-0.15, -0.1) is 12.4 Å². The fourth-order valence-corrected chi connectivity index (χ4v) is 3.57. The molecule has 0 bridgehead atoms. The smallest absolute Gasteiger partial charge is 0.317 e. The first-order valence-corrected chi connectivity index (χ1v) is 9.55. The first kappa shape index (κ1) is 24.3. The number of carboxylic acids is 1. The number of likely N-dealkylation sites (tertiary alicyclic amines) is 1. The van der Waals surface area contributed by atoms with Crippen molar-refractivity contribution in [2.75, 3.05) is 33.2 Å². The summed E-state index contributed by atoms with van der Waals surface area (Å²) in [6.07, 6.45) is 3.42. The van der Waals surface area contributed by atoms with E-state index in [1.165, 1.54) is 12.1 Å².